The Labute approximate surface area is 136 Å². The molecule has 0 bridgehead atoms. The molecule has 0 fully saturated rings. The van der Waals surface area contributed by atoms with E-state index in [0.717, 1.165) is 36.3 Å². The largest absolute Gasteiger partial charge is 0.501 e. The van der Waals surface area contributed by atoms with Crippen LogP contribution in [-0.4, -0.2) is 36.6 Å². The van der Waals surface area contributed by atoms with Gasteiger partial charge in [-0.2, -0.15) is 0 Å². The molecular formula is C17H25N3O3. The van der Waals surface area contributed by atoms with Gasteiger partial charge < -0.3 is 19.9 Å². The zero-order valence-electron chi connectivity index (χ0n) is 14.1. The standard InChI is InChI=1S/C17H25N3O3/c1-4-7-19-17(22)16-10-13-5-6-14(23-3)11-15(13)20(16)9-8-18-12(2)21/h10-11H,4-9H2,1-3H3,(H,18,21)(H,19,22). The van der Waals surface area contributed by atoms with Crippen LogP contribution in [0.2, 0.25) is 0 Å². The number of methoxy groups -OCH3 is 1. The Bertz CT molecular complexity index is 617. The summed E-state index contributed by atoms with van der Waals surface area (Å²) in [6.07, 6.45) is 4.58. The Hall–Kier alpha value is -2.24. The van der Waals surface area contributed by atoms with Gasteiger partial charge in [0.2, 0.25) is 5.91 Å². The second-order valence-corrected chi connectivity index (χ2v) is 5.65. The first-order valence-electron chi connectivity index (χ1n) is 8.06. The van der Waals surface area contributed by atoms with Crippen molar-refractivity contribution in [3.05, 3.63) is 28.8 Å². The fourth-order valence-electron chi connectivity index (χ4n) is 2.74. The van der Waals surface area contributed by atoms with Crippen molar-refractivity contribution in [3.63, 3.8) is 0 Å². The van der Waals surface area contributed by atoms with Crippen LogP contribution >= 0.6 is 0 Å². The van der Waals surface area contributed by atoms with E-state index < -0.39 is 0 Å². The van der Waals surface area contributed by atoms with Gasteiger partial charge in [-0.15, -0.1) is 0 Å². The molecule has 0 saturated heterocycles. The van der Waals surface area contributed by atoms with E-state index in [9.17, 15) is 9.59 Å². The van der Waals surface area contributed by atoms with Crippen molar-refractivity contribution in [1.82, 2.24) is 15.2 Å². The first-order valence-corrected chi connectivity index (χ1v) is 8.06. The monoisotopic (exact) mass is 319 g/mol. The van der Waals surface area contributed by atoms with Crippen molar-refractivity contribution in [3.8, 4) is 0 Å². The number of ether oxygens (including phenoxy) is 1. The Morgan fingerprint density at radius 1 is 1.26 bits per heavy atom. The first kappa shape index (κ1) is 17.1. The van der Waals surface area contributed by atoms with E-state index in [1.165, 1.54) is 6.92 Å². The third kappa shape index (κ3) is 4.15. The van der Waals surface area contributed by atoms with Gasteiger partial charge in [0.25, 0.3) is 5.91 Å². The van der Waals surface area contributed by atoms with Crippen LogP contribution in [0.15, 0.2) is 11.8 Å². The Balaban J connectivity index is 2.30. The number of carbonyl (C=O) groups is 2. The molecule has 1 heterocycles. The number of fused-ring (bicyclic) bond motifs is 1. The molecular weight excluding hydrogens is 294 g/mol. The summed E-state index contributed by atoms with van der Waals surface area (Å²) in [7, 11) is 1.66. The predicted molar refractivity (Wildman–Crippen MR) is 89.0 cm³/mol. The number of rotatable bonds is 7. The van der Waals surface area contributed by atoms with Crippen LogP contribution in [0, 0.1) is 0 Å². The summed E-state index contributed by atoms with van der Waals surface area (Å²) in [5, 5.41) is 5.71. The Morgan fingerprint density at radius 3 is 2.70 bits per heavy atom. The topological polar surface area (TPSA) is 72.4 Å². The lowest BCUT2D eigenvalue weighted by Gasteiger charge is -2.16. The van der Waals surface area contributed by atoms with Gasteiger partial charge in [0, 0.05) is 38.7 Å². The lowest BCUT2D eigenvalue weighted by molar-refractivity contribution is -0.118. The first-order chi connectivity index (χ1) is 11.1. The molecule has 0 radical (unpaired) electrons. The molecule has 0 saturated carbocycles. The van der Waals surface area contributed by atoms with Gasteiger partial charge in [0.15, 0.2) is 0 Å². The highest BCUT2D eigenvalue weighted by Gasteiger charge is 2.22. The number of nitrogens with one attached hydrogen (secondary N) is 2. The van der Waals surface area contributed by atoms with E-state index >= 15 is 0 Å². The van der Waals surface area contributed by atoms with Crippen molar-refractivity contribution in [2.75, 3.05) is 20.2 Å². The number of aromatic nitrogens is 1. The highest BCUT2D eigenvalue weighted by Crippen LogP contribution is 2.27. The van der Waals surface area contributed by atoms with E-state index in [4.69, 9.17) is 4.74 Å². The molecule has 2 amide bonds. The number of hydrogen-bond acceptors (Lipinski definition) is 3. The van der Waals surface area contributed by atoms with E-state index in [1.54, 1.807) is 7.11 Å². The predicted octanol–water partition coefficient (Wildman–Crippen LogP) is 1.70. The lowest BCUT2D eigenvalue weighted by Crippen LogP contribution is -2.30. The maximum atomic E-state index is 12.4. The number of carbonyl (C=O) groups excluding carboxylic acids is 2. The molecule has 0 atom stereocenters. The van der Waals surface area contributed by atoms with Gasteiger partial charge in [-0.25, -0.2) is 0 Å². The molecule has 1 aliphatic carbocycles. The SMILES string of the molecule is CCCNC(=O)c1cc2c(n1CCNC(C)=O)C=C(OC)CC2. The zero-order chi connectivity index (χ0) is 16.8. The molecule has 1 aromatic rings. The van der Waals surface area contributed by atoms with Gasteiger partial charge in [0.1, 0.15) is 5.69 Å². The summed E-state index contributed by atoms with van der Waals surface area (Å²) in [6.45, 7) is 5.20. The van der Waals surface area contributed by atoms with Gasteiger partial charge in [-0.1, -0.05) is 6.92 Å². The number of amides is 2. The minimum Gasteiger partial charge on any atom is -0.501 e. The summed E-state index contributed by atoms with van der Waals surface area (Å²) in [4.78, 5) is 23.5. The average molecular weight is 319 g/mol. The van der Waals surface area contributed by atoms with Crippen molar-refractivity contribution in [2.24, 2.45) is 0 Å². The van der Waals surface area contributed by atoms with Crippen LogP contribution in [0.4, 0.5) is 0 Å². The quantitative estimate of drug-likeness (QED) is 0.803. The number of nitrogens with zero attached hydrogens (tertiary/aromatic N) is 1. The molecule has 126 valence electrons. The van der Waals surface area contributed by atoms with Crippen LogP contribution in [-0.2, 0) is 22.5 Å². The fourth-order valence-corrected chi connectivity index (χ4v) is 2.74. The second kappa shape index (κ2) is 7.85. The van der Waals surface area contributed by atoms with Crippen molar-refractivity contribution < 1.29 is 14.3 Å². The van der Waals surface area contributed by atoms with Crippen molar-refractivity contribution in [1.29, 1.82) is 0 Å². The smallest absolute Gasteiger partial charge is 0.267 e. The Kier molecular flexibility index (Phi) is 5.84. The van der Waals surface area contributed by atoms with Gasteiger partial charge >= 0.3 is 0 Å². The molecule has 0 unspecified atom stereocenters. The average Bonchev–Trinajstić information content (AvgIpc) is 2.90. The molecule has 1 aromatic heterocycles. The molecule has 0 spiro atoms. The fraction of sp³-hybridized carbons (Fsp3) is 0.529. The molecule has 0 aromatic carbocycles. The third-order valence-electron chi connectivity index (χ3n) is 3.90. The van der Waals surface area contributed by atoms with Crippen molar-refractivity contribution in [2.45, 2.75) is 39.7 Å². The number of hydrogen-bond donors (Lipinski definition) is 2. The molecule has 2 N–H and O–H groups in total. The van der Waals surface area contributed by atoms with Gasteiger partial charge in [-0.05, 0) is 30.5 Å². The summed E-state index contributed by atoms with van der Waals surface area (Å²) in [5.41, 5.74) is 2.79. The zero-order valence-corrected chi connectivity index (χ0v) is 14.1. The number of allylic oxidation sites excluding steroid dienone is 1. The highest BCUT2D eigenvalue weighted by atomic mass is 16.5. The van der Waals surface area contributed by atoms with E-state index in [0.29, 0.717) is 25.3 Å². The highest BCUT2D eigenvalue weighted by molar-refractivity contribution is 5.93. The third-order valence-corrected chi connectivity index (χ3v) is 3.90. The summed E-state index contributed by atoms with van der Waals surface area (Å²) in [5.74, 6) is 0.768. The second-order valence-electron chi connectivity index (χ2n) is 5.65. The maximum Gasteiger partial charge on any atom is 0.267 e. The van der Waals surface area contributed by atoms with Crippen molar-refractivity contribution >= 4 is 17.9 Å². The van der Waals surface area contributed by atoms with Crippen LogP contribution in [0.5, 0.6) is 0 Å². The molecule has 6 nitrogen and oxygen atoms in total. The van der Waals surface area contributed by atoms with E-state index in [2.05, 4.69) is 10.6 Å². The molecule has 6 heteroatoms. The van der Waals surface area contributed by atoms with Crippen LogP contribution in [0.1, 0.15) is 48.4 Å². The summed E-state index contributed by atoms with van der Waals surface area (Å²) in [6, 6.07) is 1.96. The minimum absolute atomic E-state index is 0.0727. The number of aryl methyl sites for hydroxylation is 1. The summed E-state index contributed by atoms with van der Waals surface area (Å²) >= 11 is 0. The molecule has 23 heavy (non-hydrogen) atoms. The normalized spacial score (nSPS) is 13.1. The maximum absolute atomic E-state index is 12.4. The van der Waals surface area contributed by atoms with Crippen LogP contribution < -0.4 is 10.6 Å². The van der Waals surface area contributed by atoms with E-state index in [-0.39, 0.29) is 11.8 Å². The molecule has 0 aliphatic heterocycles. The summed E-state index contributed by atoms with van der Waals surface area (Å²) < 4.78 is 7.32. The van der Waals surface area contributed by atoms with Crippen LogP contribution in [0.25, 0.3) is 6.08 Å². The van der Waals surface area contributed by atoms with E-state index in [1.807, 2.05) is 23.6 Å². The van der Waals surface area contributed by atoms with Gasteiger partial charge in [-0.3, -0.25) is 9.59 Å². The lowest BCUT2D eigenvalue weighted by atomic mass is 10.0. The molecule has 2 rings (SSSR count). The molecule has 1 aliphatic rings. The Morgan fingerprint density at radius 2 is 2.04 bits per heavy atom. The van der Waals surface area contributed by atoms with Crippen LogP contribution in [0.3, 0.4) is 0 Å². The minimum atomic E-state index is -0.0730. The van der Waals surface area contributed by atoms with Gasteiger partial charge in [0.05, 0.1) is 12.9 Å².